The van der Waals surface area contributed by atoms with Crippen LogP contribution in [-0.2, 0) is 5.41 Å². The molecule has 49 heavy (non-hydrogen) atoms. The minimum atomic E-state index is -0.0653. The summed E-state index contributed by atoms with van der Waals surface area (Å²) in [6.45, 7) is 4.71. The van der Waals surface area contributed by atoms with E-state index in [1.807, 2.05) is 12.1 Å². The first kappa shape index (κ1) is 26.9. The highest BCUT2D eigenvalue weighted by Crippen LogP contribution is 2.51. The summed E-state index contributed by atoms with van der Waals surface area (Å²) < 4.78 is 12.9. The highest BCUT2D eigenvalue weighted by molar-refractivity contribution is 6.23. The molecule has 0 N–H and O–H groups in total. The quantitative estimate of drug-likeness (QED) is 0.178. The molecule has 0 saturated carbocycles. The molecule has 0 saturated heterocycles. The van der Waals surface area contributed by atoms with Gasteiger partial charge in [-0.25, -0.2) is 0 Å². The number of hydrogen-bond donors (Lipinski definition) is 0. The number of benzene rings is 8. The predicted octanol–water partition coefficient (Wildman–Crippen LogP) is 13.4. The van der Waals surface area contributed by atoms with E-state index in [1.54, 1.807) is 0 Å². The summed E-state index contributed by atoms with van der Waals surface area (Å²) in [5, 5.41) is 9.33. The molecule has 1 aliphatic rings. The van der Waals surface area contributed by atoms with Crippen LogP contribution in [-0.4, -0.2) is 0 Å². The van der Waals surface area contributed by atoms with E-state index < -0.39 is 0 Å². The van der Waals surface area contributed by atoms with Gasteiger partial charge in [-0.1, -0.05) is 123 Å². The van der Waals surface area contributed by atoms with E-state index in [-0.39, 0.29) is 5.41 Å². The molecule has 2 nitrogen and oxygen atoms in total. The Morgan fingerprint density at radius 1 is 0.367 bits per heavy atom. The van der Waals surface area contributed by atoms with Gasteiger partial charge in [0.1, 0.15) is 11.2 Å². The first-order chi connectivity index (χ1) is 24.1. The lowest BCUT2D eigenvalue weighted by Gasteiger charge is -2.23. The summed E-state index contributed by atoms with van der Waals surface area (Å²) in [5.41, 5.74) is 13.7. The summed E-state index contributed by atoms with van der Waals surface area (Å²) in [5.74, 6) is 0. The smallest absolute Gasteiger partial charge is 0.178 e. The molecule has 2 heterocycles. The third kappa shape index (κ3) is 3.55. The second-order valence-corrected chi connectivity index (χ2v) is 14.0. The fourth-order valence-electron chi connectivity index (χ4n) is 8.78. The monoisotopic (exact) mass is 626 g/mol. The second-order valence-electron chi connectivity index (χ2n) is 14.0. The van der Waals surface area contributed by atoms with Crippen LogP contribution in [0.3, 0.4) is 0 Å². The lowest BCUT2D eigenvalue weighted by atomic mass is 9.80. The molecule has 1 aliphatic carbocycles. The zero-order valence-corrected chi connectivity index (χ0v) is 27.2. The van der Waals surface area contributed by atoms with Gasteiger partial charge in [-0.05, 0) is 102 Å². The molecular formula is C47H30O2. The molecule has 0 atom stereocenters. The number of fused-ring (bicyclic) bond motifs is 12. The molecule has 0 aliphatic heterocycles. The zero-order valence-electron chi connectivity index (χ0n) is 27.2. The van der Waals surface area contributed by atoms with Crippen LogP contribution in [0, 0.1) is 0 Å². The molecule has 0 spiro atoms. The fourth-order valence-corrected chi connectivity index (χ4v) is 8.78. The van der Waals surface area contributed by atoms with E-state index in [4.69, 9.17) is 8.83 Å². The lowest BCUT2D eigenvalue weighted by Crippen LogP contribution is -2.14. The van der Waals surface area contributed by atoms with Crippen LogP contribution in [0.1, 0.15) is 25.0 Å². The van der Waals surface area contributed by atoms with Crippen molar-refractivity contribution >= 4 is 65.4 Å². The summed E-state index contributed by atoms with van der Waals surface area (Å²) in [7, 11) is 0. The third-order valence-electron chi connectivity index (χ3n) is 11.1. The first-order valence-corrected chi connectivity index (χ1v) is 17.0. The Labute approximate surface area is 282 Å². The number of hydrogen-bond acceptors (Lipinski definition) is 2. The van der Waals surface area contributed by atoms with Crippen molar-refractivity contribution in [1.82, 2.24) is 0 Å². The Morgan fingerprint density at radius 3 is 1.53 bits per heavy atom. The largest absolute Gasteiger partial charge is 0.452 e. The highest BCUT2D eigenvalue weighted by atomic mass is 16.4. The molecule has 230 valence electrons. The molecule has 0 fully saturated rings. The Kier molecular flexibility index (Phi) is 5.21. The van der Waals surface area contributed by atoms with Crippen molar-refractivity contribution in [3.8, 4) is 33.4 Å². The van der Waals surface area contributed by atoms with Crippen LogP contribution in [0.5, 0.6) is 0 Å². The Balaban J connectivity index is 1.16. The zero-order chi connectivity index (χ0) is 32.4. The number of para-hydroxylation sites is 1. The number of furan rings is 2. The van der Waals surface area contributed by atoms with Crippen molar-refractivity contribution in [1.29, 1.82) is 0 Å². The van der Waals surface area contributed by atoms with E-state index >= 15 is 0 Å². The first-order valence-electron chi connectivity index (χ1n) is 17.0. The summed E-state index contributed by atoms with van der Waals surface area (Å²) >= 11 is 0. The Bertz CT molecular complexity index is 2970. The maximum Gasteiger partial charge on any atom is 0.178 e. The van der Waals surface area contributed by atoms with Crippen LogP contribution < -0.4 is 0 Å². The van der Waals surface area contributed by atoms with E-state index in [0.29, 0.717) is 0 Å². The molecule has 2 aromatic heterocycles. The standard InChI is InChI=1S/C47H30O2/c1-47(2)39-17-9-7-11-29(39)30-21-19-28(26-40(30)47)44-34-15-5-3-13-32(34)43(33-14-4-6-16-35(33)44)27-20-24-42-38(25-27)37-23-22-36-31-12-8-10-18-41(31)48-45(36)46(37)49-42/h3-26H,1-2H3. The molecule has 10 aromatic rings. The molecule has 0 radical (unpaired) electrons. The molecule has 0 unspecified atom stereocenters. The van der Waals surface area contributed by atoms with Crippen LogP contribution >= 0.6 is 0 Å². The van der Waals surface area contributed by atoms with Crippen LogP contribution in [0.4, 0.5) is 0 Å². The minimum Gasteiger partial charge on any atom is -0.452 e. The van der Waals surface area contributed by atoms with Gasteiger partial charge in [-0.3, -0.25) is 0 Å². The van der Waals surface area contributed by atoms with Crippen molar-refractivity contribution in [2.24, 2.45) is 0 Å². The predicted molar refractivity (Wildman–Crippen MR) is 204 cm³/mol. The van der Waals surface area contributed by atoms with Crippen LogP contribution in [0.15, 0.2) is 154 Å². The SMILES string of the molecule is CC1(C)c2ccccc2-c2ccc(-c3c4ccccc4c(-c4ccc5oc6c(ccc7c8ccccc8oc76)c5c4)c4ccccc34)cc21. The summed E-state index contributed by atoms with van der Waals surface area (Å²) in [6.07, 6.45) is 0. The van der Waals surface area contributed by atoms with Gasteiger partial charge in [-0.15, -0.1) is 0 Å². The Hall–Kier alpha value is -6.12. The third-order valence-corrected chi connectivity index (χ3v) is 11.1. The average molecular weight is 627 g/mol. The molecule has 8 aromatic carbocycles. The van der Waals surface area contributed by atoms with E-state index in [9.17, 15) is 0 Å². The van der Waals surface area contributed by atoms with Crippen LogP contribution in [0.25, 0.3) is 98.8 Å². The maximum atomic E-state index is 6.52. The van der Waals surface area contributed by atoms with E-state index in [2.05, 4.69) is 147 Å². The molecule has 11 rings (SSSR count). The van der Waals surface area contributed by atoms with Crippen molar-refractivity contribution < 1.29 is 8.83 Å². The van der Waals surface area contributed by atoms with Gasteiger partial charge >= 0.3 is 0 Å². The fraction of sp³-hybridized carbons (Fsp3) is 0.0638. The summed E-state index contributed by atoms with van der Waals surface area (Å²) in [4.78, 5) is 0. The van der Waals surface area contributed by atoms with Crippen molar-refractivity contribution in [2.45, 2.75) is 19.3 Å². The van der Waals surface area contributed by atoms with Gasteiger partial charge in [0.2, 0.25) is 0 Å². The summed E-state index contributed by atoms with van der Waals surface area (Å²) in [6, 6.07) is 53.0. The van der Waals surface area contributed by atoms with E-state index in [0.717, 1.165) is 43.9 Å². The van der Waals surface area contributed by atoms with E-state index in [1.165, 1.54) is 66.1 Å². The van der Waals surface area contributed by atoms with Gasteiger partial charge in [-0.2, -0.15) is 0 Å². The van der Waals surface area contributed by atoms with Gasteiger partial charge in [0.05, 0.1) is 0 Å². The second kappa shape index (κ2) is 9.49. The molecular weight excluding hydrogens is 597 g/mol. The number of rotatable bonds is 2. The van der Waals surface area contributed by atoms with Gasteiger partial charge in [0.15, 0.2) is 11.2 Å². The average Bonchev–Trinajstić information content (AvgIpc) is 3.78. The van der Waals surface area contributed by atoms with Gasteiger partial charge < -0.3 is 8.83 Å². The van der Waals surface area contributed by atoms with Crippen molar-refractivity contribution in [2.75, 3.05) is 0 Å². The maximum absolute atomic E-state index is 6.52. The topological polar surface area (TPSA) is 26.3 Å². The van der Waals surface area contributed by atoms with Crippen molar-refractivity contribution in [3.05, 3.63) is 157 Å². The van der Waals surface area contributed by atoms with Gasteiger partial charge in [0.25, 0.3) is 0 Å². The molecule has 2 heteroatoms. The minimum absolute atomic E-state index is 0.0653. The normalized spacial score (nSPS) is 13.7. The highest BCUT2D eigenvalue weighted by Gasteiger charge is 2.35. The van der Waals surface area contributed by atoms with Gasteiger partial charge in [0, 0.05) is 27.0 Å². The van der Waals surface area contributed by atoms with Crippen LogP contribution in [0.2, 0.25) is 0 Å². The van der Waals surface area contributed by atoms with Crippen molar-refractivity contribution in [3.63, 3.8) is 0 Å². The lowest BCUT2D eigenvalue weighted by molar-refractivity contribution is 0.633. The molecule has 0 amide bonds. The Morgan fingerprint density at radius 2 is 0.857 bits per heavy atom. The molecule has 0 bridgehead atoms.